The van der Waals surface area contributed by atoms with Gasteiger partial charge < -0.3 is 15.4 Å². The molecule has 0 heterocycles. The van der Waals surface area contributed by atoms with Crippen LogP contribution in [0.2, 0.25) is 0 Å². The largest absolute Gasteiger partial charge is 0.459 e. The first-order chi connectivity index (χ1) is 9.80. The Hall–Kier alpha value is -1.38. The molecule has 5 nitrogen and oxygen atoms in total. The number of nitrogens with one attached hydrogen (secondary N) is 2. The van der Waals surface area contributed by atoms with Crippen LogP contribution in [0.4, 0.5) is 4.39 Å². The molecule has 1 aromatic carbocycles. The summed E-state index contributed by atoms with van der Waals surface area (Å²) < 4.78 is 18.0. The van der Waals surface area contributed by atoms with Crippen molar-refractivity contribution in [1.29, 1.82) is 0 Å². The van der Waals surface area contributed by atoms with Crippen molar-refractivity contribution in [3.8, 4) is 0 Å². The lowest BCUT2D eigenvalue weighted by atomic mass is 10.2. The van der Waals surface area contributed by atoms with E-state index in [0.717, 1.165) is 5.56 Å². The van der Waals surface area contributed by atoms with Gasteiger partial charge in [-0.1, -0.05) is 12.1 Å². The van der Waals surface area contributed by atoms with Crippen LogP contribution in [-0.2, 0) is 16.1 Å². The van der Waals surface area contributed by atoms with Gasteiger partial charge >= 0.3 is 5.97 Å². The number of esters is 1. The number of nitrogens with zero attached hydrogens (tertiary/aromatic N) is 1. The zero-order chi connectivity index (χ0) is 15.9. The Morgan fingerprint density at radius 2 is 1.82 bits per heavy atom. The predicted octanol–water partition coefficient (Wildman–Crippen LogP) is 2.45. The molecule has 0 atom stereocenters. The van der Waals surface area contributed by atoms with Crippen LogP contribution in [0.5, 0.6) is 0 Å². The molecule has 124 valence electrons. The van der Waals surface area contributed by atoms with E-state index in [4.69, 9.17) is 4.74 Å². The second kappa shape index (κ2) is 9.60. The Labute approximate surface area is 147 Å². The maximum Gasteiger partial charge on any atom is 0.325 e. The van der Waals surface area contributed by atoms with Crippen LogP contribution in [0.25, 0.3) is 0 Å². The molecule has 22 heavy (non-hydrogen) atoms. The maximum atomic E-state index is 12.8. The van der Waals surface area contributed by atoms with Crippen LogP contribution >= 0.6 is 24.0 Å². The number of benzene rings is 1. The van der Waals surface area contributed by atoms with E-state index in [2.05, 4.69) is 15.6 Å². The molecule has 0 fully saturated rings. The van der Waals surface area contributed by atoms with Crippen LogP contribution in [0.15, 0.2) is 29.3 Å². The van der Waals surface area contributed by atoms with Crippen molar-refractivity contribution in [2.75, 3.05) is 13.6 Å². The lowest BCUT2D eigenvalue weighted by Crippen LogP contribution is -2.41. The molecule has 0 amide bonds. The van der Waals surface area contributed by atoms with Gasteiger partial charge in [0.05, 0.1) is 0 Å². The summed E-state index contributed by atoms with van der Waals surface area (Å²) in [6.07, 6.45) is 0. The fraction of sp³-hybridized carbons (Fsp3) is 0.467. The Bertz CT molecular complexity index is 499. The van der Waals surface area contributed by atoms with Crippen molar-refractivity contribution in [3.63, 3.8) is 0 Å². The van der Waals surface area contributed by atoms with Gasteiger partial charge in [0.15, 0.2) is 5.96 Å². The van der Waals surface area contributed by atoms with E-state index in [1.807, 2.05) is 20.8 Å². The summed E-state index contributed by atoms with van der Waals surface area (Å²) >= 11 is 0. The van der Waals surface area contributed by atoms with Gasteiger partial charge in [-0.3, -0.25) is 9.79 Å². The molecular formula is C15H23FIN3O2. The molecule has 1 rings (SSSR count). The van der Waals surface area contributed by atoms with Gasteiger partial charge in [-0.05, 0) is 38.5 Å². The average molecular weight is 423 g/mol. The minimum atomic E-state index is -0.510. The highest BCUT2D eigenvalue weighted by Gasteiger charge is 2.16. The molecule has 0 saturated heterocycles. The van der Waals surface area contributed by atoms with Gasteiger partial charge in [0.2, 0.25) is 0 Å². The summed E-state index contributed by atoms with van der Waals surface area (Å²) in [5, 5.41) is 5.90. The third-order valence-corrected chi connectivity index (χ3v) is 2.42. The Morgan fingerprint density at radius 1 is 1.23 bits per heavy atom. The van der Waals surface area contributed by atoms with Crippen LogP contribution < -0.4 is 10.6 Å². The monoisotopic (exact) mass is 423 g/mol. The number of carbonyl (C=O) groups is 1. The first-order valence-corrected chi connectivity index (χ1v) is 6.71. The molecule has 1 aromatic rings. The summed E-state index contributed by atoms with van der Waals surface area (Å²) in [6, 6.07) is 6.16. The smallest absolute Gasteiger partial charge is 0.325 e. The summed E-state index contributed by atoms with van der Waals surface area (Å²) in [4.78, 5) is 15.6. The van der Waals surface area contributed by atoms with Gasteiger partial charge in [-0.2, -0.15) is 0 Å². The second-order valence-corrected chi connectivity index (χ2v) is 5.49. The van der Waals surface area contributed by atoms with Gasteiger partial charge in [-0.25, -0.2) is 4.39 Å². The molecule has 0 aromatic heterocycles. The van der Waals surface area contributed by atoms with Crippen molar-refractivity contribution in [2.24, 2.45) is 4.99 Å². The maximum absolute atomic E-state index is 12.8. The highest BCUT2D eigenvalue weighted by molar-refractivity contribution is 14.0. The Balaban J connectivity index is 0.00000441. The third-order valence-electron chi connectivity index (χ3n) is 2.42. The normalized spacial score (nSPS) is 11.4. The number of rotatable bonds is 4. The number of aliphatic imine (C=N–C) groups is 1. The van der Waals surface area contributed by atoms with Crippen LogP contribution in [-0.4, -0.2) is 31.1 Å². The lowest BCUT2D eigenvalue weighted by molar-refractivity contribution is -0.153. The van der Waals surface area contributed by atoms with Gasteiger partial charge in [-0.15, -0.1) is 24.0 Å². The summed E-state index contributed by atoms with van der Waals surface area (Å²) in [5.41, 5.74) is 0.403. The van der Waals surface area contributed by atoms with Crippen molar-refractivity contribution in [1.82, 2.24) is 10.6 Å². The molecule has 7 heteroatoms. The fourth-order valence-electron chi connectivity index (χ4n) is 1.54. The van der Waals surface area contributed by atoms with E-state index in [0.29, 0.717) is 12.5 Å². The first kappa shape index (κ1) is 20.6. The molecule has 0 aliphatic rings. The van der Waals surface area contributed by atoms with E-state index in [9.17, 15) is 9.18 Å². The average Bonchev–Trinajstić information content (AvgIpc) is 2.39. The number of hydrogen-bond acceptors (Lipinski definition) is 3. The molecular weight excluding hydrogens is 400 g/mol. The van der Waals surface area contributed by atoms with E-state index in [1.165, 1.54) is 12.1 Å². The molecule has 0 radical (unpaired) electrons. The zero-order valence-electron chi connectivity index (χ0n) is 13.3. The van der Waals surface area contributed by atoms with E-state index in [-0.39, 0.29) is 42.3 Å². The molecule has 0 unspecified atom stereocenters. The molecule has 2 N–H and O–H groups in total. The minimum Gasteiger partial charge on any atom is -0.459 e. The van der Waals surface area contributed by atoms with E-state index < -0.39 is 5.60 Å². The van der Waals surface area contributed by atoms with Gasteiger partial charge in [0.25, 0.3) is 0 Å². The standard InChI is InChI=1S/C15H22FN3O2.HI/c1-15(2,3)21-13(20)10-19-14(17-4)18-9-11-5-7-12(16)8-6-11;/h5-8H,9-10H2,1-4H3,(H2,17,18,19);1H. The van der Waals surface area contributed by atoms with Crippen LogP contribution in [0, 0.1) is 5.82 Å². The highest BCUT2D eigenvalue weighted by Crippen LogP contribution is 2.06. The summed E-state index contributed by atoms with van der Waals surface area (Å²) in [5.74, 6) is -0.149. The topological polar surface area (TPSA) is 62.7 Å². The quantitative estimate of drug-likeness (QED) is 0.338. The number of ether oxygens (including phenoxy) is 1. The molecule has 0 saturated carbocycles. The number of hydrogen-bond donors (Lipinski definition) is 2. The SMILES string of the molecule is CN=C(NCC(=O)OC(C)(C)C)NCc1ccc(F)cc1.I. The predicted molar refractivity (Wildman–Crippen MR) is 95.9 cm³/mol. The van der Waals surface area contributed by atoms with Crippen molar-refractivity contribution < 1.29 is 13.9 Å². The molecule has 0 spiro atoms. The first-order valence-electron chi connectivity index (χ1n) is 6.71. The van der Waals surface area contributed by atoms with E-state index >= 15 is 0 Å². The zero-order valence-corrected chi connectivity index (χ0v) is 15.6. The molecule has 0 aliphatic carbocycles. The Morgan fingerprint density at radius 3 is 2.32 bits per heavy atom. The van der Waals surface area contributed by atoms with E-state index in [1.54, 1.807) is 19.2 Å². The number of carbonyl (C=O) groups excluding carboxylic acids is 1. The fourth-order valence-corrected chi connectivity index (χ4v) is 1.54. The molecule has 0 aliphatic heterocycles. The number of halogens is 2. The van der Waals surface area contributed by atoms with Crippen molar-refractivity contribution in [3.05, 3.63) is 35.6 Å². The van der Waals surface area contributed by atoms with Gasteiger partial charge in [0.1, 0.15) is 18.0 Å². The van der Waals surface area contributed by atoms with Crippen LogP contribution in [0.3, 0.4) is 0 Å². The lowest BCUT2D eigenvalue weighted by Gasteiger charge is -2.20. The summed E-state index contributed by atoms with van der Waals surface area (Å²) in [7, 11) is 1.61. The second-order valence-electron chi connectivity index (χ2n) is 5.49. The molecule has 0 bridgehead atoms. The third kappa shape index (κ3) is 8.81. The highest BCUT2D eigenvalue weighted by atomic mass is 127. The summed E-state index contributed by atoms with van der Waals surface area (Å²) in [6.45, 7) is 5.94. The van der Waals surface area contributed by atoms with Crippen molar-refractivity contribution in [2.45, 2.75) is 32.9 Å². The Kier molecular flexibility index (Phi) is 9.00. The van der Waals surface area contributed by atoms with Crippen LogP contribution in [0.1, 0.15) is 26.3 Å². The van der Waals surface area contributed by atoms with Gasteiger partial charge in [0, 0.05) is 13.6 Å². The van der Waals surface area contributed by atoms with Crippen molar-refractivity contribution >= 4 is 35.9 Å². The minimum absolute atomic E-state index is 0. The number of guanidine groups is 1.